The third-order valence-electron chi connectivity index (χ3n) is 3.64. The second-order valence-corrected chi connectivity index (χ2v) is 7.48. The highest BCUT2D eigenvalue weighted by atomic mass is 14.4. The van der Waals surface area contributed by atoms with Crippen LogP contribution in [0.4, 0.5) is 0 Å². The fraction of sp³-hybridized carbons (Fsp3) is 0.765. The lowest BCUT2D eigenvalue weighted by atomic mass is 9.76. The average Bonchev–Trinajstić information content (AvgIpc) is 2.57. The molecule has 0 saturated heterocycles. The Labute approximate surface area is 108 Å². The van der Waals surface area contributed by atoms with Crippen LogP contribution in [0.1, 0.15) is 74.1 Å². The lowest BCUT2D eigenvalue weighted by Gasteiger charge is -2.29. The van der Waals surface area contributed by atoms with Gasteiger partial charge in [-0.2, -0.15) is 0 Å². The van der Waals surface area contributed by atoms with E-state index in [-0.39, 0.29) is 5.41 Å². The Kier molecular flexibility index (Phi) is 4.28. The van der Waals surface area contributed by atoms with Crippen molar-refractivity contribution in [3.8, 4) is 0 Å². The lowest BCUT2D eigenvalue weighted by Crippen LogP contribution is -2.16. The van der Waals surface area contributed by atoms with Gasteiger partial charge in [-0.3, -0.25) is 0 Å². The van der Waals surface area contributed by atoms with E-state index in [1.807, 2.05) is 0 Å². The summed E-state index contributed by atoms with van der Waals surface area (Å²) in [6.07, 6.45) is 7.63. The molecule has 17 heavy (non-hydrogen) atoms. The Hall–Kier alpha value is -0.520. The van der Waals surface area contributed by atoms with E-state index >= 15 is 0 Å². The third-order valence-corrected chi connectivity index (χ3v) is 3.64. The van der Waals surface area contributed by atoms with Crippen LogP contribution in [-0.2, 0) is 0 Å². The van der Waals surface area contributed by atoms with Crippen LogP contribution in [0.15, 0.2) is 22.8 Å². The summed E-state index contributed by atoms with van der Waals surface area (Å²) in [5, 5.41) is 0. The first-order valence-corrected chi connectivity index (χ1v) is 7.10. The monoisotopic (exact) mass is 234 g/mol. The summed E-state index contributed by atoms with van der Waals surface area (Å²) < 4.78 is 0. The van der Waals surface area contributed by atoms with Gasteiger partial charge < -0.3 is 0 Å². The van der Waals surface area contributed by atoms with Crippen LogP contribution in [0.3, 0.4) is 0 Å². The number of unbranched alkanes of at least 4 members (excludes halogenated alkanes) is 1. The first-order valence-electron chi connectivity index (χ1n) is 7.10. The molecular weight excluding hydrogens is 204 g/mol. The van der Waals surface area contributed by atoms with Gasteiger partial charge in [-0.15, -0.1) is 0 Å². The standard InChI is InChI=1S/C17H30/c1-8-9-10-13-11-14(16(2,3)4)15(12-13)17(5,6)7/h11H,8-10,12H2,1-7H3. The van der Waals surface area contributed by atoms with Crippen molar-refractivity contribution in [3.05, 3.63) is 22.8 Å². The highest BCUT2D eigenvalue weighted by Gasteiger charge is 2.30. The van der Waals surface area contributed by atoms with E-state index in [1.165, 1.54) is 25.7 Å². The molecule has 0 heterocycles. The van der Waals surface area contributed by atoms with Gasteiger partial charge in [-0.25, -0.2) is 0 Å². The van der Waals surface area contributed by atoms with Crippen molar-refractivity contribution in [1.82, 2.24) is 0 Å². The van der Waals surface area contributed by atoms with Crippen molar-refractivity contribution in [1.29, 1.82) is 0 Å². The molecule has 98 valence electrons. The quantitative estimate of drug-likeness (QED) is 0.570. The fourth-order valence-electron chi connectivity index (χ4n) is 2.57. The van der Waals surface area contributed by atoms with Crippen LogP contribution in [-0.4, -0.2) is 0 Å². The van der Waals surface area contributed by atoms with Gasteiger partial charge in [0, 0.05) is 0 Å². The van der Waals surface area contributed by atoms with Crippen molar-refractivity contribution in [2.24, 2.45) is 10.8 Å². The van der Waals surface area contributed by atoms with Crippen molar-refractivity contribution in [3.63, 3.8) is 0 Å². The molecule has 0 spiro atoms. The SMILES string of the molecule is CCCCC1=CC(C(C)(C)C)=C(C(C)(C)C)C1. The maximum Gasteiger partial charge on any atom is -0.00939 e. The van der Waals surface area contributed by atoms with Crippen LogP contribution in [0.25, 0.3) is 0 Å². The van der Waals surface area contributed by atoms with Gasteiger partial charge in [0.1, 0.15) is 0 Å². The second kappa shape index (κ2) is 5.00. The Morgan fingerprint density at radius 2 is 1.59 bits per heavy atom. The van der Waals surface area contributed by atoms with Crippen molar-refractivity contribution in [2.75, 3.05) is 0 Å². The summed E-state index contributed by atoms with van der Waals surface area (Å²) in [5.41, 5.74) is 5.51. The van der Waals surface area contributed by atoms with E-state index in [4.69, 9.17) is 0 Å². The normalized spacial score (nSPS) is 17.7. The molecule has 0 amide bonds. The third kappa shape index (κ3) is 3.72. The van der Waals surface area contributed by atoms with Crippen molar-refractivity contribution >= 4 is 0 Å². The average molecular weight is 234 g/mol. The van der Waals surface area contributed by atoms with Crippen LogP contribution in [0.5, 0.6) is 0 Å². The minimum absolute atomic E-state index is 0.288. The van der Waals surface area contributed by atoms with Gasteiger partial charge in [-0.1, -0.05) is 72.1 Å². The predicted molar refractivity (Wildman–Crippen MR) is 78.2 cm³/mol. The molecule has 0 nitrogen and oxygen atoms in total. The first-order chi connectivity index (χ1) is 7.66. The smallest absolute Gasteiger partial charge is 0.00939 e. The summed E-state index contributed by atoms with van der Waals surface area (Å²) in [6, 6.07) is 0. The zero-order valence-electron chi connectivity index (χ0n) is 12.9. The molecular formula is C17H30. The van der Waals surface area contributed by atoms with E-state index in [9.17, 15) is 0 Å². The number of allylic oxidation sites excluding steroid dienone is 4. The molecule has 0 unspecified atom stereocenters. The van der Waals surface area contributed by atoms with Crippen molar-refractivity contribution in [2.45, 2.75) is 74.1 Å². The van der Waals surface area contributed by atoms with Crippen LogP contribution < -0.4 is 0 Å². The molecule has 0 saturated carbocycles. The zero-order chi connectivity index (χ0) is 13.3. The predicted octanol–water partition coefficient (Wildman–Crippen LogP) is 5.90. The minimum Gasteiger partial charge on any atom is -0.0658 e. The fourth-order valence-corrected chi connectivity index (χ4v) is 2.57. The summed E-state index contributed by atoms with van der Waals surface area (Å²) in [6.45, 7) is 16.4. The topological polar surface area (TPSA) is 0 Å². The van der Waals surface area contributed by atoms with E-state index < -0.39 is 0 Å². The molecule has 1 aliphatic rings. The first kappa shape index (κ1) is 14.5. The molecule has 0 heteroatoms. The molecule has 0 bridgehead atoms. The summed E-state index contributed by atoms with van der Waals surface area (Å²) in [4.78, 5) is 0. The van der Waals surface area contributed by atoms with Gasteiger partial charge in [0.15, 0.2) is 0 Å². The van der Waals surface area contributed by atoms with Gasteiger partial charge in [0.2, 0.25) is 0 Å². The van der Waals surface area contributed by atoms with Crippen LogP contribution in [0, 0.1) is 10.8 Å². The van der Waals surface area contributed by atoms with E-state index in [0.29, 0.717) is 5.41 Å². The summed E-state index contributed by atoms with van der Waals surface area (Å²) in [5.74, 6) is 0. The Morgan fingerprint density at radius 1 is 1.00 bits per heavy atom. The maximum absolute atomic E-state index is 2.50. The van der Waals surface area contributed by atoms with Gasteiger partial charge in [-0.05, 0) is 35.7 Å². The molecule has 0 aromatic rings. The number of rotatable bonds is 3. The van der Waals surface area contributed by atoms with Gasteiger partial charge in [0.05, 0.1) is 0 Å². The highest BCUT2D eigenvalue weighted by Crippen LogP contribution is 2.45. The largest absolute Gasteiger partial charge is 0.0658 e. The molecule has 0 aromatic heterocycles. The molecule has 1 rings (SSSR count). The highest BCUT2D eigenvalue weighted by molar-refractivity contribution is 5.44. The molecule has 0 aromatic carbocycles. The number of hydrogen-bond donors (Lipinski definition) is 0. The number of hydrogen-bond acceptors (Lipinski definition) is 0. The Bertz CT molecular complexity index is 326. The molecule has 0 atom stereocenters. The van der Waals surface area contributed by atoms with E-state index in [2.05, 4.69) is 54.5 Å². The Balaban J connectivity index is 2.96. The summed E-state index contributed by atoms with van der Waals surface area (Å²) >= 11 is 0. The summed E-state index contributed by atoms with van der Waals surface area (Å²) in [7, 11) is 0. The van der Waals surface area contributed by atoms with Crippen LogP contribution >= 0.6 is 0 Å². The Morgan fingerprint density at radius 3 is 1.94 bits per heavy atom. The van der Waals surface area contributed by atoms with E-state index in [1.54, 1.807) is 16.7 Å². The van der Waals surface area contributed by atoms with Gasteiger partial charge >= 0.3 is 0 Å². The minimum atomic E-state index is 0.288. The van der Waals surface area contributed by atoms with Crippen LogP contribution in [0.2, 0.25) is 0 Å². The van der Waals surface area contributed by atoms with Gasteiger partial charge in [0.25, 0.3) is 0 Å². The lowest BCUT2D eigenvalue weighted by molar-refractivity contribution is 0.451. The molecule has 0 aliphatic heterocycles. The molecule has 0 radical (unpaired) electrons. The molecule has 0 fully saturated rings. The molecule has 1 aliphatic carbocycles. The molecule has 0 N–H and O–H groups in total. The zero-order valence-corrected chi connectivity index (χ0v) is 12.9. The van der Waals surface area contributed by atoms with E-state index in [0.717, 1.165) is 0 Å². The second-order valence-electron chi connectivity index (χ2n) is 7.48. The maximum atomic E-state index is 2.50. The van der Waals surface area contributed by atoms with Crippen molar-refractivity contribution < 1.29 is 0 Å².